The van der Waals surface area contributed by atoms with Crippen LogP contribution in [0.25, 0.3) is 5.69 Å². The molecule has 98 valence electrons. The van der Waals surface area contributed by atoms with Gasteiger partial charge in [0.05, 0.1) is 29.7 Å². The molecule has 1 unspecified atom stereocenters. The molecule has 0 bridgehead atoms. The number of hydrogen-bond donors (Lipinski definition) is 2. The van der Waals surface area contributed by atoms with E-state index in [2.05, 4.69) is 15.7 Å². The average Bonchev–Trinajstić information content (AvgIpc) is 3.11. The Balaban J connectivity index is 1.70. The van der Waals surface area contributed by atoms with Crippen LogP contribution in [0.15, 0.2) is 42.7 Å². The number of carbonyl (C=O) groups excluding carboxylic acids is 1. The number of rotatable bonds is 3. The average molecular weight is 256 g/mol. The minimum absolute atomic E-state index is 0.0672. The number of para-hydroxylation sites is 1. The van der Waals surface area contributed by atoms with E-state index in [0.29, 0.717) is 0 Å². The van der Waals surface area contributed by atoms with Gasteiger partial charge in [0.25, 0.3) is 0 Å². The summed E-state index contributed by atoms with van der Waals surface area (Å²) in [5, 5.41) is 10.4. The smallest absolute Gasteiger partial charge is 0.228 e. The SMILES string of the molecule is O=C(Nc1cnn(-c2ccccc2)c1)C1CCNC1. The first kappa shape index (κ1) is 11.9. The van der Waals surface area contributed by atoms with Crippen molar-refractivity contribution in [2.24, 2.45) is 5.92 Å². The van der Waals surface area contributed by atoms with Gasteiger partial charge < -0.3 is 10.6 Å². The monoisotopic (exact) mass is 256 g/mol. The molecule has 5 nitrogen and oxygen atoms in total. The van der Waals surface area contributed by atoms with Crippen molar-refractivity contribution in [3.8, 4) is 5.69 Å². The molecule has 1 fully saturated rings. The van der Waals surface area contributed by atoms with Gasteiger partial charge in [0.1, 0.15) is 0 Å². The Morgan fingerprint density at radius 2 is 2.21 bits per heavy atom. The van der Waals surface area contributed by atoms with Crippen molar-refractivity contribution in [3.05, 3.63) is 42.7 Å². The second-order valence-corrected chi connectivity index (χ2v) is 4.69. The van der Waals surface area contributed by atoms with Gasteiger partial charge in [0.15, 0.2) is 0 Å². The van der Waals surface area contributed by atoms with Crippen molar-refractivity contribution < 1.29 is 4.79 Å². The van der Waals surface area contributed by atoms with Crippen LogP contribution in [0, 0.1) is 5.92 Å². The highest BCUT2D eigenvalue weighted by atomic mass is 16.1. The van der Waals surface area contributed by atoms with Crippen LogP contribution < -0.4 is 10.6 Å². The summed E-state index contributed by atoms with van der Waals surface area (Å²) in [5.74, 6) is 0.137. The van der Waals surface area contributed by atoms with Crippen LogP contribution in [0.4, 0.5) is 5.69 Å². The van der Waals surface area contributed by atoms with Gasteiger partial charge in [-0.15, -0.1) is 0 Å². The van der Waals surface area contributed by atoms with E-state index in [1.807, 2.05) is 36.5 Å². The van der Waals surface area contributed by atoms with Crippen molar-refractivity contribution in [2.45, 2.75) is 6.42 Å². The van der Waals surface area contributed by atoms with Crippen molar-refractivity contribution in [1.82, 2.24) is 15.1 Å². The molecule has 1 aromatic carbocycles. The van der Waals surface area contributed by atoms with E-state index in [1.165, 1.54) is 0 Å². The molecule has 0 aliphatic carbocycles. The number of hydrogen-bond acceptors (Lipinski definition) is 3. The molecule has 5 heteroatoms. The molecule has 1 atom stereocenters. The van der Waals surface area contributed by atoms with Crippen molar-refractivity contribution in [1.29, 1.82) is 0 Å². The molecule has 1 saturated heterocycles. The highest BCUT2D eigenvalue weighted by Crippen LogP contribution is 2.14. The standard InChI is InChI=1S/C14H16N4O/c19-14(11-6-7-15-8-11)17-12-9-16-18(10-12)13-4-2-1-3-5-13/h1-5,9-11,15H,6-8H2,(H,17,19). The van der Waals surface area contributed by atoms with Gasteiger partial charge in [-0.25, -0.2) is 4.68 Å². The molecule has 2 N–H and O–H groups in total. The maximum Gasteiger partial charge on any atom is 0.228 e. The molecule has 2 heterocycles. The number of aromatic nitrogens is 2. The molecule has 1 amide bonds. The van der Waals surface area contributed by atoms with E-state index >= 15 is 0 Å². The van der Waals surface area contributed by atoms with E-state index in [9.17, 15) is 4.79 Å². The summed E-state index contributed by atoms with van der Waals surface area (Å²) in [6.07, 6.45) is 4.40. The summed E-state index contributed by atoms with van der Waals surface area (Å²) in [6, 6.07) is 9.82. The fraction of sp³-hybridized carbons (Fsp3) is 0.286. The van der Waals surface area contributed by atoms with Gasteiger partial charge >= 0.3 is 0 Å². The first-order chi connectivity index (χ1) is 9.33. The molecule has 1 aromatic heterocycles. The van der Waals surface area contributed by atoms with Gasteiger partial charge in [-0.2, -0.15) is 5.10 Å². The lowest BCUT2D eigenvalue weighted by Gasteiger charge is -2.07. The van der Waals surface area contributed by atoms with Crippen LogP contribution in [-0.4, -0.2) is 28.8 Å². The zero-order chi connectivity index (χ0) is 13.1. The summed E-state index contributed by atoms with van der Waals surface area (Å²) in [5.41, 5.74) is 1.71. The Kier molecular flexibility index (Phi) is 3.29. The zero-order valence-electron chi connectivity index (χ0n) is 10.5. The number of amides is 1. The lowest BCUT2D eigenvalue weighted by atomic mass is 10.1. The quantitative estimate of drug-likeness (QED) is 0.873. The summed E-state index contributed by atoms with van der Waals surface area (Å²) >= 11 is 0. The van der Waals surface area contributed by atoms with Crippen LogP contribution >= 0.6 is 0 Å². The van der Waals surface area contributed by atoms with Crippen LogP contribution in [0.5, 0.6) is 0 Å². The van der Waals surface area contributed by atoms with Gasteiger partial charge in [-0.05, 0) is 25.1 Å². The second kappa shape index (κ2) is 5.24. The van der Waals surface area contributed by atoms with E-state index in [1.54, 1.807) is 10.9 Å². The molecule has 3 rings (SSSR count). The summed E-state index contributed by atoms with van der Waals surface area (Å²) < 4.78 is 1.75. The Bertz CT molecular complexity index is 558. The minimum Gasteiger partial charge on any atom is -0.323 e. The molecule has 0 radical (unpaired) electrons. The number of nitrogens with one attached hydrogen (secondary N) is 2. The molecule has 19 heavy (non-hydrogen) atoms. The van der Waals surface area contributed by atoms with Crippen molar-refractivity contribution in [3.63, 3.8) is 0 Å². The third-order valence-corrected chi connectivity index (χ3v) is 3.30. The number of carbonyl (C=O) groups is 1. The van der Waals surface area contributed by atoms with Crippen LogP contribution in [0.1, 0.15) is 6.42 Å². The first-order valence-corrected chi connectivity index (χ1v) is 6.44. The third kappa shape index (κ3) is 2.66. The van der Waals surface area contributed by atoms with Crippen LogP contribution in [0.2, 0.25) is 0 Å². The molecular weight excluding hydrogens is 240 g/mol. The molecule has 0 saturated carbocycles. The summed E-state index contributed by atoms with van der Waals surface area (Å²) in [4.78, 5) is 12.0. The Morgan fingerprint density at radius 1 is 1.37 bits per heavy atom. The highest BCUT2D eigenvalue weighted by Gasteiger charge is 2.22. The predicted octanol–water partition coefficient (Wildman–Crippen LogP) is 1.42. The topological polar surface area (TPSA) is 59.0 Å². The maximum absolute atomic E-state index is 12.0. The Morgan fingerprint density at radius 3 is 2.95 bits per heavy atom. The number of anilines is 1. The normalized spacial score (nSPS) is 18.4. The van der Waals surface area contributed by atoms with Crippen molar-refractivity contribution >= 4 is 11.6 Å². The maximum atomic E-state index is 12.0. The first-order valence-electron chi connectivity index (χ1n) is 6.44. The fourth-order valence-electron chi connectivity index (χ4n) is 2.23. The fourth-order valence-corrected chi connectivity index (χ4v) is 2.23. The van der Waals surface area contributed by atoms with Crippen LogP contribution in [-0.2, 0) is 4.79 Å². The summed E-state index contributed by atoms with van der Waals surface area (Å²) in [6.45, 7) is 1.68. The van der Waals surface area contributed by atoms with E-state index in [0.717, 1.165) is 30.9 Å². The van der Waals surface area contributed by atoms with Crippen molar-refractivity contribution in [2.75, 3.05) is 18.4 Å². The van der Waals surface area contributed by atoms with E-state index in [-0.39, 0.29) is 11.8 Å². The van der Waals surface area contributed by atoms with E-state index < -0.39 is 0 Å². The molecule has 1 aliphatic heterocycles. The van der Waals surface area contributed by atoms with Gasteiger partial charge in [-0.3, -0.25) is 4.79 Å². The van der Waals surface area contributed by atoms with Gasteiger partial charge in [0.2, 0.25) is 5.91 Å². The Hall–Kier alpha value is -2.14. The number of nitrogens with zero attached hydrogens (tertiary/aromatic N) is 2. The largest absolute Gasteiger partial charge is 0.323 e. The highest BCUT2D eigenvalue weighted by molar-refractivity contribution is 5.92. The minimum atomic E-state index is 0.0672. The number of benzene rings is 1. The second-order valence-electron chi connectivity index (χ2n) is 4.69. The third-order valence-electron chi connectivity index (χ3n) is 3.30. The molecule has 0 spiro atoms. The lowest BCUT2D eigenvalue weighted by Crippen LogP contribution is -2.24. The van der Waals surface area contributed by atoms with Gasteiger partial charge in [-0.1, -0.05) is 18.2 Å². The zero-order valence-corrected chi connectivity index (χ0v) is 10.5. The summed E-state index contributed by atoms with van der Waals surface area (Å²) in [7, 11) is 0. The Labute approximate surface area is 111 Å². The molecule has 2 aromatic rings. The molecule has 1 aliphatic rings. The predicted molar refractivity (Wildman–Crippen MR) is 73.2 cm³/mol. The van der Waals surface area contributed by atoms with E-state index in [4.69, 9.17) is 0 Å². The van der Waals surface area contributed by atoms with Gasteiger partial charge in [0, 0.05) is 6.54 Å². The molecular formula is C14H16N4O. The van der Waals surface area contributed by atoms with Crippen LogP contribution in [0.3, 0.4) is 0 Å². The lowest BCUT2D eigenvalue weighted by molar-refractivity contribution is -0.119.